The smallest absolute Gasteiger partial charge is 0.293 e. The number of benzene rings is 1. The third-order valence-electron chi connectivity index (χ3n) is 8.47. The monoisotopic (exact) mass is 568 g/mol. The fourth-order valence-corrected chi connectivity index (χ4v) is 6.76. The van der Waals surface area contributed by atoms with Gasteiger partial charge in [0.15, 0.2) is 0 Å². The van der Waals surface area contributed by atoms with E-state index in [0.29, 0.717) is 17.9 Å². The zero-order valence-electron chi connectivity index (χ0n) is 25.1. The molecule has 0 unspecified atom stereocenters. The molecule has 6 heteroatoms. The highest BCUT2D eigenvalue weighted by Crippen LogP contribution is 2.40. The van der Waals surface area contributed by atoms with Crippen molar-refractivity contribution < 1.29 is 14.4 Å². The van der Waals surface area contributed by atoms with Gasteiger partial charge < -0.3 is 5.32 Å². The maximum atomic E-state index is 13.0. The Hall–Kier alpha value is -2.08. The van der Waals surface area contributed by atoms with Crippen molar-refractivity contribution in [3.05, 3.63) is 34.7 Å². The molecule has 222 valence electrons. The van der Waals surface area contributed by atoms with Crippen molar-refractivity contribution in [3.63, 3.8) is 0 Å². The average molecular weight is 569 g/mol. The van der Waals surface area contributed by atoms with E-state index in [1.807, 2.05) is 24.3 Å². The number of hydrogen-bond donors (Lipinski definition) is 1. The Morgan fingerprint density at radius 1 is 0.850 bits per heavy atom. The number of nitrogens with zero attached hydrogens (tertiary/aromatic N) is 1. The minimum absolute atomic E-state index is 0.0341. The number of carbonyl (C=O) groups excluding carboxylic acids is 3. The first-order valence-corrected chi connectivity index (χ1v) is 16.9. The molecule has 5 nitrogen and oxygen atoms in total. The first kappa shape index (κ1) is 32.4. The summed E-state index contributed by atoms with van der Waals surface area (Å²) in [5.41, 5.74) is 1.64. The summed E-state index contributed by atoms with van der Waals surface area (Å²) in [5.74, 6) is -0.134. The fraction of sp³-hybridized carbons (Fsp3) is 0.676. The molecule has 0 atom stereocenters. The summed E-state index contributed by atoms with van der Waals surface area (Å²) in [6.07, 6.45) is 24.9. The molecule has 1 saturated carbocycles. The molecule has 1 aromatic carbocycles. The van der Waals surface area contributed by atoms with E-state index in [2.05, 4.69) is 19.2 Å². The maximum Gasteiger partial charge on any atom is 0.293 e. The molecule has 1 aromatic rings. The maximum absolute atomic E-state index is 13.0. The number of anilines is 1. The van der Waals surface area contributed by atoms with Crippen molar-refractivity contribution >= 4 is 40.6 Å². The summed E-state index contributed by atoms with van der Waals surface area (Å²) in [4.78, 5) is 39.8. The van der Waals surface area contributed by atoms with Crippen LogP contribution in [-0.2, 0) is 9.59 Å². The largest absolute Gasteiger partial charge is 0.326 e. The molecule has 3 amide bonds. The Balaban J connectivity index is 1.30. The van der Waals surface area contributed by atoms with Crippen LogP contribution in [0.3, 0.4) is 0 Å². The topological polar surface area (TPSA) is 66.5 Å². The Bertz CT molecular complexity index is 966. The lowest BCUT2D eigenvalue weighted by Crippen LogP contribution is -2.39. The number of imide groups is 1. The molecule has 0 aromatic heterocycles. The van der Waals surface area contributed by atoms with Crippen LogP contribution in [0.1, 0.15) is 141 Å². The summed E-state index contributed by atoms with van der Waals surface area (Å²) in [7, 11) is 0. The van der Waals surface area contributed by atoms with Gasteiger partial charge in [-0.3, -0.25) is 19.3 Å². The summed E-state index contributed by atoms with van der Waals surface area (Å²) >= 11 is 1.03. The third-order valence-corrected chi connectivity index (χ3v) is 9.38. The van der Waals surface area contributed by atoms with Crippen LogP contribution in [0.2, 0.25) is 0 Å². The van der Waals surface area contributed by atoms with E-state index in [1.54, 1.807) is 6.08 Å². The number of carbonyl (C=O) groups is 3. The molecule has 0 spiro atoms. The van der Waals surface area contributed by atoms with Gasteiger partial charge in [0.05, 0.1) is 4.91 Å². The molecule has 3 rings (SSSR count). The summed E-state index contributed by atoms with van der Waals surface area (Å²) in [6, 6.07) is 7.50. The van der Waals surface area contributed by atoms with Crippen molar-refractivity contribution in [1.82, 2.24) is 4.90 Å². The molecule has 1 saturated heterocycles. The lowest BCUT2D eigenvalue weighted by Gasteiger charge is -2.35. The van der Waals surface area contributed by atoms with E-state index in [9.17, 15) is 14.4 Å². The summed E-state index contributed by atoms with van der Waals surface area (Å²) in [5, 5.41) is 2.82. The molecule has 2 fully saturated rings. The van der Waals surface area contributed by atoms with E-state index in [4.69, 9.17) is 0 Å². The molecule has 2 aliphatic rings. The molecule has 1 N–H and O–H groups in total. The van der Waals surface area contributed by atoms with Crippen LogP contribution in [0.25, 0.3) is 6.08 Å². The van der Waals surface area contributed by atoms with Crippen LogP contribution in [0.5, 0.6) is 0 Å². The van der Waals surface area contributed by atoms with Gasteiger partial charge in [-0.15, -0.1) is 0 Å². The first-order valence-electron chi connectivity index (χ1n) is 16.1. The normalized spacial score (nSPS) is 18.1. The highest BCUT2D eigenvalue weighted by atomic mass is 32.2. The zero-order chi connectivity index (χ0) is 28.6. The average Bonchev–Trinajstić information content (AvgIpc) is 3.19. The summed E-state index contributed by atoms with van der Waals surface area (Å²) in [6.45, 7) is 4.98. The summed E-state index contributed by atoms with van der Waals surface area (Å²) < 4.78 is 0. The van der Waals surface area contributed by atoms with Crippen molar-refractivity contribution in [3.8, 4) is 0 Å². The van der Waals surface area contributed by atoms with Gasteiger partial charge >= 0.3 is 0 Å². The Morgan fingerprint density at radius 3 is 1.98 bits per heavy atom. The quantitative estimate of drug-likeness (QED) is 0.141. The van der Waals surface area contributed by atoms with Crippen LogP contribution in [0.15, 0.2) is 29.2 Å². The van der Waals surface area contributed by atoms with Gasteiger partial charge in [0.25, 0.3) is 11.1 Å². The highest BCUT2D eigenvalue weighted by Gasteiger charge is 2.40. The van der Waals surface area contributed by atoms with Gasteiger partial charge in [-0.2, -0.15) is 0 Å². The SMILES string of the molecule is CCCCCCCCCCCCCCCC(=O)Nc1ccc(/C=C2\SC(=O)N(CC3(C)CCCCC3)C2=O)cc1. The number of unbranched alkanes of at least 4 members (excludes halogenated alkanes) is 12. The van der Waals surface area contributed by atoms with Gasteiger partial charge in [-0.1, -0.05) is 122 Å². The lowest BCUT2D eigenvalue weighted by atomic mass is 9.75. The molecule has 1 aliphatic carbocycles. The van der Waals surface area contributed by atoms with Crippen molar-refractivity contribution in [2.45, 2.75) is 136 Å². The Morgan fingerprint density at radius 2 is 1.40 bits per heavy atom. The van der Waals surface area contributed by atoms with E-state index in [1.165, 1.54) is 94.8 Å². The van der Waals surface area contributed by atoms with E-state index < -0.39 is 0 Å². The number of amides is 3. The minimum atomic E-state index is -0.183. The van der Waals surface area contributed by atoms with Crippen molar-refractivity contribution in [1.29, 1.82) is 0 Å². The standard InChI is InChI=1S/C34H52N2O3S/c1-3-4-5-6-7-8-9-10-11-12-13-14-16-19-31(37)35-29-22-20-28(21-23-29)26-30-32(38)36(33(39)40-30)27-34(2)24-17-15-18-25-34/h20-23,26H,3-19,24-25,27H2,1-2H3,(H,35,37)/b30-26-. The Kier molecular flexibility index (Phi) is 14.3. The molecule has 40 heavy (non-hydrogen) atoms. The molecular weight excluding hydrogens is 516 g/mol. The second-order valence-corrected chi connectivity index (χ2v) is 13.3. The van der Waals surface area contributed by atoms with Crippen LogP contribution in [0, 0.1) is 5.41 Å². The number of rotatable bonds is 18. The number of nitrogens with one attached hydrogen (secondary N) is 1. The third kappa shape index (κ3) is 11.4. The van der Waals surface area contributed by atoms with Crippen LogP contribution >= 0.6 is 11.8 Å². The predicted octanol–water partition coefficient (Wildman–Crippen LogP) is 10.1. The molecule has 0 radical (unpaired) electrons. The zero-order valence-corrected chi connectivity index (χ0v) is 25.9. The van der Waals surface area contributed by atoms with Gasteiger partial charge in [-0.05, 0) is 60.2 Å². The Labute approximate surface area is 247 Å². The van der Waals surface area contributed by atoms with Gasteiger partial charge in [-0.25, -0.2) is 0 Å². The van der Waals surface area contributed by atoms with Crippen LogP contribution in [0.4, 0.5) is 10.5 Å². The lowest BCUT2D eigenvalue weighted by molar-refractivity contribution is -0.124. The molecule has 1 heterocycles. The van der Waals surface area contributed by atoms with Gasteiger partial charge in [0.2, 0.25) is 5.91 Å². The second kappa shape index (κ2) is 17.7. The molecule has 1 aliphatic heterocycles. The van der Waals surface area contributed by atoms with Crippen molar-refractivity contribution in [2.75, 3.05) is 11.9 Å². The van der Waals surface area contributed by atoms with Gasteiger partial charge in [0, 0.05) is 18.7 Å². The van der Waals surface area contributed by atoms with E-state index in [-0.39, 0.29) is 22.5 Å². The van der Waals surface area contributed by atoms with Gasteiger partial charge in [0.1, 0.15) is 0 Å². The molecular formula is C34H52N2O3S. The number of hydrogen-bond acceptors (Lipinski definition) is 4. The second-order valence-electron chi connectivity index (χ2n) is 12.3. The van der Waals surface area contributed by atoms with Crippen molar-refractivity contribution in [2.24, 2.45) is 5.41 Å². The highest BCUT2D eigenvalue weighted by molar-refractivity contribution is 8.18. The first-order chi connectivity index (χ1) is 19.4. The van der Waals surface area contributed by atoms with Crippen LogP contribution in [-0.4, -0.2) is 28.5 Å². The molecule has 0 bridgehead atoms. The number of thioether (sulfide) groups is 1. The fourth-order valence-electron chi connectivity index (χ4n) is 5.92. The van der Waals surface area contributed by atoms with E-state index in [0.717, 1.165) is 48.7 Å². The van der Waals surface area contributed by atoms with E-state index >= 15 is 0 Å². The minimum Gasteiger partial charge on any atom is -0.326 e. The van der Waals surface area contributed by atoms with Crippen LogP contribution < -0.4 is 5.32 Å². The predicted molar refractivity (Wildman–Crippen MR) is 169 cm³/mol.